The van der Waals surface area contributed by atoms with Gasteiger partial charge in [-0.05, 0) is 12.1 Å². The van der Waals surface area contributed by atoms with Gasteiger partial charge in [0.25, 0.3) is 0 Å². The summed E-state index contributed by atoms with van der Waals surface area (Å²) in [5.41, 5.74) is 10.2. The van der Waals surface area contributed by atoms with Crippen molar-refractivity contribution in [1.82, 2.24) is 4.98 Å². The summed E-state index contributed by atoms with van der Waals surface area (Å²) < 4.78 is 0. The first kappa shape index (κ1) is 12.2. The van der Waals surface area contributed by atoms with Crippen LogP contribution in [0.5, 0.6) is 5.88 Å². The highest BCUT2D eigenvalue weighted by atomic mass is 16.3. The maximum Gasteiger partial charge on any atom is 0.196 e. The Hall–Kier alpha value is -2.88. The number of nitrogens with one attached hydrogen (secondary N) is 2. The highest BCUT2D eigenvalue weighted by molar-refractivity contribution is 5.96. The summed E-state index contributed by atoms with van der Waals surface area (Å²) in [6.45, 7) is 0. The standard InChI is InChI=1S/C16H13N3O/c17-19-15(11-6-2-1-3-7-11)10-13-12-8-4-5-9-14(12)18-16(13)20/h1-10,17-18,20H. The molecule has 0 atom stereocenters. The Morgan fingerprint density at radius 1 is 1.05 bits per heavy atom. The van der Waals surface area contributed by atoms with Crippen molar-refractivity contribution in [2.75, 3.05) is 0 Å². The molecule has 0 aliphatic rings. The highest BCUT2D eigenvalue weighted by Gasteiger charge is 2.10. The van der Waals surface area contributed by atoms with E-state index in [9.17, 15) is 5.11 Å². The molecule has 2 aromatic carbocycles. The fourth-order valence-corrected chi connectivity index (χ4v) is 2.22. The summed E-state index contributed by atoms with van der Waals surface area (Å²) in [4.78, 5) is 2.92. The summed E-state index contributed by atoms with van der Waals surface area (Å²) >= 11 is 0. The Bertz CT molecular complexity index is 788. The third-order valence-corrected chi connectivity index (χ3v) is 3.20. The van der Waals surface area contributed by atoms with Gasteiger partial charge < -0.3 is 10.1 Å². The quantitative estimate of drug-likeness (QED) is 0.602. The Morgan fingerprint density at radius 3 is 2.50 bits per heavy atom. The van der Waals surface area contributed by atoms with Crippen LogP contribution in [0.25, 0.3) is 22.7 Å². The third-order valence-electron chi connectivity index (χ3n) is 3.20. The van der Waals surface area contributed by atoms with Gasteiger partial charge in [0.15, 0.2) is 5.88 Å². The second-order valence-electron chi connectivity index (χ2n) is 4.44. The number of aromatic amines is 1. The topological polar surface area (TPSA) is 72.2 Å². The van der Waals surface area contributed by atoms with Gasteiger partial charge in [0.2, 0.25) is 0 Å². The van der Waals surface area contributed by atoms with Crippen LogP contribution in [0.2, 0.25) is 0 Å². The first-order valence-corrected chi connectivity index (χ1v) is 6.24. The van der Waals surface area contributed by atoms with Crippen molar-refractivity contribution in [2.45, 2.75) is 0 Å². The predicted octanol–water partition coefficient (Wildman–Crippen LogP) is 4.40. The normalized spacial score (nSPS) is 11.7. The van der Waals surface area contributed by atoms with Crippen LogP contribution in [0.1, 0.15) is 11.1 Å². The third kappa shape index (κ3) is 2.07. The van der Waals surface area contributed by atoms with Crippen molar-refractivity contribution in [3.8, 4) is 5.88 Å². The minimum Gasteiger partial charge on any atom is -0.494 e. The van der Waals surface area contributed by atoms with Crippen LogP contribution in [0.15, 0.2) is 59.7 Å². The van der Waals surface area contributed by atoms with E-state index in [1.165, 1.54) is 0 Å². The van der Waals surface area contributed by atoms with Crippen LogP contribution in [0, 0.1) is 5.53 Å². The van der Waals surface area contributed by atoms with E-state index in [0.29, 0.717) is 11.3 Å². The maximum atomic E-state index is 10.0. The molecular formula is C16H13N3O. The van der Waals surface area contributed by atoms with E-state index < -0.39 is 0 Å². The largest absolute Gasteiger partial charge is 0.494 e. The lowest BCUT2D eigenvalue weighted by atomic mass is 10.1. The average molecular weight is 263 g/mol. The van der Waals surface area contributed by atoms with Crippen molar-refractivity contribution in [3.63, 3.8) is 0 Å². The fourth-order valence-electron chi connectivity index (χ4n) is 2.22. The molecule has 3 rings (SSSR count). The molecule has 4 nitrogen and oxygen atoms in total. The summed E-state index contributed by atoms with van der Waals surface area (Å²) in [6.07, 6.45) is 1.72. The SMILES string of the molecule is N=NC(=Cc1c(O)[nH]c2ccccc12)c1ccccc1. The number of H-pyrrole nitrogens is 1. The zero-order valence-corrected chi connectivity index (χ0v) is 10.7. The van der Waals surface area contributed by atoms with Gasteiger partial charge in [0, 0.05) is 22.0 Å². The van der Waals surface area contributed by atoms with Crippen LogP contribution in [0.4, 0.5) is 0 Å². The van der Waals surface area contributed by atoms with Crippen LogP contribution in [-0.4, -0.2) is 10.1 Å². The van der Waals surface area contributed by atoms with E-state index in [4.69, 9.17) is 5.53 Å². The second-order valence-corrected chi connectivity index (χ2v) is 4.44. The smallest absolute Gasteiger partial charge is 0.196 e. The van der Waals surface area contributed by atoms with Crippen molar-refractivity contribution < 1.29 is 5.11 Å². The molecule has 0 fully saturated rings. The monoisotopic (exact) mass is 263 g/mol. The predicted molar refractivity (Wildman–Crippen MR) is 79.4 cm³/mol. The molecule has 98 valence electrons. The number of fused-ring (bicyclic) bond motifs is 1. The molecule has 1 aromatic heterocycles. The summed E-state index contributed by atoms with van der Waals surface area (Å²) in [6, 6.07) is 17.1. The number of para-hydroxylation sites is 1. The van der Waals surface area contributed by atoms with Gasteiger partial charge in [0.1, 0.15) is 0 Å². The molecule has 4 heteroatoms. The lowest BCUT2D eigenvalue weighted by Gasteiger charge is -2.00. The summed E-state index contributed by atoms with van der Waals surface area (Å²) in [7, 11) is 0. The summed E-state index contributed by atoms with van der Waals surface area (Å²) in [5, 5.41) is 14.5. The minimum absolute atomic E-state index is 0.0864. The van der Waals surface area contributed by atoms with Crippen molar-refractivity contribution in [2.24, 2.45) is 5.11 Å². The van der Waals surface area contributed by atoms with Gasteiger partial charge in [-0.1, -0.05) is 48.5 Å². The molecule has 0 saturated carbocycles. The van der Waals surface area contributed by atoms with E-state index >= 15 is 0 Å². The lowest BCUT2D eigenvalue weighted by Crippen LogP contribution is -1.80. The zero-order valence-electron chi connectivity index (χ0n) is 10.7. The minimum atomic E-state index is 0.0864. The average Bonchev–Trinajstić information content (AvgIpc) is 2.81. The van der Waals surface area contributed by atoms with Gasteiger partial charge in [-0.3, -0.25) is 0 Å². The number of hydrogen-bond acceptors (Lipinski definition) is 3. The second kappa shape index (κ2) is 5.01. The molecule has 0 radical (unpaired) electrons. The van der Waals surface area contributed by atoms with Crippen LogP contribution in [-0.2, 0) is 0 Å². The first-order valence-electron chi connectivity index (χ1n) is 6.24. The molecule has 20 heavy (non-hydrogen) atoms. The molecule has 0 unspecified atom stereocenters. The van der Waals surface area contributed by atoms with Crippen molar-refractivity contribution in [3.05, 3.63) is 65.7 Å². The van der Waals surface area contributed by atoms with E-state index in [0.717, 1.165) is 16.5 Å². The molecule has 0 spiro atoms. The number of nitrogens with zero attached hydrogens (tertiary/aromatic N) is 1. The Labute approximate surface area is 115 Å². The Morgan fingerprint density at radius 2 is 1.75 bits per heavy atom. The van der Waals surface area contributed by atoms with Crippen molar-refractivity contribution in [1.29, 1.82) is 5.53 Å². The lowest BCUT2D eigenvalue weighted by molar-refractivity contribution is 0.457. The van der Waals surface area contributed by atoms with Crippen LogP contribution < -0.4 is 0 Å². The number of aromatic hydroxyl groups is 1. The fraction of sp³-hybridized carbons (Fsp3) is 0. The molecular weight excluding hydrogens is 250 g/mol. The zero-order chi connectivity index (χ0) is 13.9. The highest BCUT2D eigenvalue weighted by Crippen LogP contribution is 2.31. The molecule has 3 N–H and O–H groups in total. The molecule has 3 aromatic rings. The van der Waals surface area contributed by atoms with Crippen molar-refractivity contribution >= 4 is 22.7 Å². The Balaban J connectivity index is 2.18. The van der Waals surface area contributed by atoms with Gasteiger partial charge in [-0.2, -0.15) is 5.11 Å². The molecule has 0 aliphatic carbocycles. The molecule has 0 aliphatic heterocycles. The van der Waals surface area contributed by atoms with E-state index in [2.05, 4.69) is 10.1 Å². The number of benzene rings is 2. The number of hydrogen-bond donors (Lipinski definition) is 3. The molecule has 0 bridgehead atoms. The van der Waals surface area contributed by atoms with E-state index in [-0.39, 0.29) is 5.88 Å². The Kier molecular flexibility index (Phi) is 3.05. The molecule has 0 amide bonds. The maximum absolute atomic E-state index is 10.0. The van der Waals surface area contributed by atoms with E-state index in [1.807, 2.05) is 54.6 Å². The van der Waals surface area contributed by atoms with E-state index in [1.54, 1.807) is 6.08 Å². The van der Waals surface area contributed by atoms with Gasteiger partial charge >= 0.3 is 0 Å². The van der Waals surface area contributed by atoms with Gasteiger partial charge in [0.05, 0.1) is 5.70 Å². The number of aromatic nitrogens is 1. The molecule has 1 heterocycles. The molecule has 0 saturated heterocycles. The first-order chi connectivity index (χ1) is 9.79. The number of rotatable bonds is 3. The summed E-state index contributed by atoms with van der Waals surface area (Å²) in [5.74, 6) is 0.0864. The van der Waals surface area contributed by atoms with Crippen LogP contribution in [0.3, 0.4) is 0 Å². The van der Waals surface area contributed by atoms with Gasteiger partial charge in [-0.15, -0.1) is 0 Å². The van der Waals surface area contributed by atoms with Gasteiger partial charge in [-0.25, -0.2) is 5.53 Å². The van der Waals surface area contributed by atoms with Crippen LogP contribution >= 0.6 is 0 Å².